The second kappa shape index (κ2) is 12.1. The van der Waals surface area contributed by atoms with E-state index >= 15 is 0 Å². The zero-order chi connectivity index (χ0) is 31.9. The van der Waals surface area contributed by atoms with Crippen LogP contribution in [0.15, 0.2) is 116 Å². The number of phenolic OH excluding ortho intramolecular Hbond substituents is 1. The highest BCUT2D eigenvalue weighted by Gasteiger charge is 2.51. The Morgan fingerprint density at radius 2 is 1.59 bits per heavy atom. The first-order chi connectivity index (χ1) is 22.2. The molecule has 4 nitrogen and oxygen atoms in total. The van der Waals surface area contributed by atoms with Gasteiger partial charge in [0.15, 0.2) is 0 Å². The van der Waals surface area contributed by atoms with Crippen molar-refractivity contribution < 1.29 is 14.3 Å². The first-order valence-corrected chi connectivity index (χ1v) is 16.7. The number of phenols is 1. The van der Waals surface area contributed by atoms with Gasteiger partial charge in [-0.1, -0.05) is 66.7 Å². The molecule has 0 radical (unpaired) electrons. The summed E-state index contributed by atoms with van der Waals surface area (Å²) in [5.74, 6) is 2.43. The molecule has 4 unspecified atom stereocenters. The van der Waals surface area contributed by atoms with Gasteiger partial charge in [0.1, 0.15) is 23.6 Å². The highest BCUT2D eigenvalue weighted by atomic mass is 16.5. The number of piperidine rings is 3. The Balaban J connectivity index is 1.36. The van der Waals surface area contributed by atoms with Crippen LogP contribution in [0.5, 0.6) is 11.5 Å². The number of hydrogen-bond acceptors (Lipinski definition) is 3. The van der Waals surface area contributed by atoms with E-state index in [1.54, 1.807) is 6.07 Å². The van der Waals surface area contributed by atoms with Gasteiger partial charge in [-0.05, 0) is 79.8 Å². The smallest absolute Gasteiger partial charge is 0.135 e. The van der Waals surface area contributed by atoms with Crippen molar-refractivity contribution >= 4 is 10.9 Å². The van der Waals surface area contributed by atoms with E-state index in [1.165, 1.54) is 35.1 Å². The average molecular weight is 610 g/mol. The Morgan fingerprint density at radius 1 is 0.913 bits per heavy atom. The van der Waals surface area contributed by atoms with Gasteiger partial charge in [-0.25, -0.2) is 0 Å². The first-order valence-electron chi connectivity index (χ1n) is 16.7. The van der Waals surface area contributed by atoms with Gasteiger partial charge < -0.3 is 14.3 Å². The Bertz CT molecular complexity index is 1800. The van der Waals surface area contributed by atoms with E-state index in [2.05, 4.69) is 117 Å². The van der Waals surface area contributed by atoms with Crippen molar-refractivity contribution in [2.75, 3.05) is 13.1 Å². The summed E-state index contributed by atoms with van der Waals surface area (Å²) in [5.41, 5.74) is 7.82. The number of fused-ring (bicyclic) bond motifs is 4. The van der Waals surface area contributed by atoms with Gasteiger partial charge in [-0.3, -0.25) is 4.98 Å². The summed E-state index contributed by atoms with van der Waals surface area (Å²) in [6.07, 6.45) is 7.52. The lowest BCUT2D eigenvalue weighted by Crippen LogP contribution is -2.66. The Hall–Kier alpha value is -4.41. The zero-order valence-corrected chi connectivity index (χ0v) is 27.3. The summed E-state index contributed by atoms with van der Waals surface area (Å²) in [6, 6.07) is 34.4. The van der Waals surface area contributed by atoms with Crippen molar-refractivity contribution in [1.29, 1.82) is 0 Å². The van der Waals surface area contributed by atoms with E-state index < -0.39 is 0 Å². The molecule has 4 atom stereocenters. The number of rotatable bonds is 8. The van der Waals surface area contributed by atoms with E-state index in [-0.39, 0.29) is 5.60 Å². The van der Waals surface area contributed by atoms with Crippen molar-refractivity contribution in [1.82, 2.24) is 4.98 Å². The van der Waals surface area contributed by atoms with E-state index in [1.807, 2.05) is 18.3 Å². The molecule has 0 aliphatic carbocycles. The monoisotopic (exact) mass is 609 g/mol. The number of hydrogen-bond donors (Lipinski definition) is 1. The molecular weight excluding hydrogens is 564 g/mol. The molecule has 3 aliphatic rings. The van der Waals surface area contributed by atoms with Crippen molar-refractivity contribution in [3.63, 3.8) is 0 Å². The molecule has 5 aromatic rings. The molecule has 4 heteroatoms. The Morgan fingerprint density at radius 3 is 2.22 bits per heavy atom. The van der Waals surface area contributed by atoms with E-state index in [4.69, 9.17) is 4.74 Å². The maximum absolute atomic E-state index is 10.4. The van der Waals surface area contributed by atoms with Gasteiger partial charge >= 0.3 is 0 Å². The van der Waals surface area contributed by atoms with Gasteiger partial charge in [-0.15, -0.1) is 6.58 Å². The number of pyridine rings is 1. The fourth-order valence-electron chi connectivity index (χ4n) is 8.16. The van der Waals surface area contributed by atoms with E-state index in [0.717, 1.165) is 58.3 Å². The van der Waals surface area contributed by atoms with Crippen molar-refractivity contribution in [2.45, 2.75) is 58.2 Å². The summed E-state index contributed by atoms with van der Waals surface area (Å²) in [4.78, 5) is 4.60. The molecule has 46 heavy (non-hydrogen) atoms. The van der Waals surface area contributed by atoms with Crippen LogP contribution in [-0.4, -0.2) is 39.3 Å². The quantitative estimate of drug-likeness (QED) is 0.141. The minimum absolute atomic E-state index is 0.294. The topological polar surface area (TPSA) is 42.4 Å². The third-order valence-corrected chi connectivity index (χ3v) is 10.3. The van der Waals surface area contributed by atoms with Gasteiger partial charge in [0.2, 0.25) is 0 Å². The third-order valence-electron chi connectivity index (χ3n) is 10.3. The van der Waals surface area contributed by atoms with E-state index in [0.29, 0.717) is 23.6 Å². The SMILES string of the molecule is C=CC1C[N+]2(Cc3cc(-c4ccccc4)c(OC(C)(C)C)c(-c4ccccc4)c3)CCC1CC2Cc1ccnc2ccc(O)cc12. The second-order valence-electron chi connectivity index (χ2n) is 14.5. The lowest BCUT2D eigenvalue weighted by molar-refractivity contribution is -0.981. The number of aromatic hydroxyl groups is 1. The molecule has 3 fully saturated rings. The van der Waals surface area contributed by atoms with Crippen molar-refractivity contribution in [3.8, 4) is 33.8 Å². The predicted octanol–water partition coefficient (Wildman–Crippen LogP) is 9.61. The number of aromatic nitrogens is 1. The average Bonchev–Trinajstić information content (AvgIpc) is 3.06. The molecule has 1 N–H and O–H groups in total. The predicted molar refractivity (Wildman–Crippen MR) is 189 cm³/mol. The Labute approximate surface area is 273 Å². The second-order valence-corrected chi connectivity index (χ2v) is 14.5. The maximum atomic E-state index is 10.4. The van der Waals surface area contributed by atoms with Gasteiger partial charge in [0, 0.05) is 53.5 Å². The van der Waals surface area contributed by atoms with Crippen LogP contribution in [0.1, 0.15) is 44.7 Å². The lowest BCUT2D eigenvalue weighted by Gasteiger charge is -2.57. The highest BCUT2D eigenvalue weighted by molar-refractivity contribution is 5.84. The molecule has 3 saturated heterocycles. The van der Waals surface area contributed by atoms with Gasteiger partial charge in [-0.2, -0.15) is 0 Å². The summed E-state index contributed by atoms with van der Waals surface area (Å²) in [6.45, 7) is 13.9. The summed E-state index contributed by atoms with van der Waals surface area (Å²) < 4.78 is 7.86. The van der Waals surface area contributed by atoms with Crippen LogP contribution in [0.4, 0.5) is 0 Å². The van der Waals surface area contributed by atoms with Crippen molar-refractivity contribution in [3.05, 3.63) is 127 Å². The van der Waals surface area contributed by atoms with Crippen molar-refractivity contribution in [2.24, 2.45) is 11.8 Å². The number of benzene rings is 4. The molecular formula is C42H45N2O2+. The molecule has 4 heterocycles. The van der Waals surface area contributed by atoms with Crippen LogP contribution in [0.2, 0.25) is 0 Å². The minimum Gasteiger partial charge on any atom is -0.508 e. The first kappa shape index (κ1) is 30.3. The molecule has 2 bridgehead atoms. The van der Waals surface area contributed by atoms with Crippen LogP contribution in [0, 0.1) is 11.8 Å². The fourth-order valence-corrected chi connectivity index (χ4v) is 8.16. The molecule has 0 saturated carbocycles. The lowest BCUT2D eigenvalue weighted by atomic mass is 9.71. The third kappa shape index (κ3) is 5.94. The molecule has 4 aromatic carbocycles. The minimum atomic E-state index is -0.352. The standard InChI is InChI=1S/C42H44N2O2/c1-5-30-28-44(21-19-33(30)24-35(44)25-34-18-20-43-40-17-16-36(45)26-37(34)40)27-29-22-38(31-12-8-6-9-13-31)41(46-42(2,3)4)39(23-29)32-14-10-7-11-15-32/h5-18,20,22-23,26,30,33,35H,1,19,21,24-25,27-28H2,2-4H3/p+1. The number of ether oxygens (including phenoxy) is 1. The Kier molecular flexibility index (Phi) is 7.94. The normalized spacial score (nSPS) is 22.5. The number of nitrogens with zero attached hydrogens (tertiary/aromatic N) is 2. The fraction of sp³-hybridized carbons (Fsp3) is 0.310. The highest BCUT2D eigenvalue weighted by Crippen LogP contribution is 2.47. The van der Waals surface area contributed by atoms with Gasteiger partial charge in [0.05, 0.1) is 24.6 Å². The van der Waals surface area contributed by atoms with Crippen LogP contribution in [-0.2, 0) is 13.0 Å². The zero-order valence-electron chi connectivity index (χ0n) is 27.3. The summed E-state index contributed by atoms with van der Waals surface area (Å²) in [7, 11) is 0. The molecule has 0 spiro atoms. The molecule has 3 aliphatic heterocycles. The molecule has 1 aromatic heterocycles. The van der Waals surface area contributed by atoms with Crippen LogP contribution in [0.3, 0.4) is 0 Å². The van der Waals surface area contributed by atoms with Crippen LogP contribution < -0.4 is 4.74 Å². The van der Waals surface area contributed by atoms with Crippen LogP contribution >= 0.6 is 0 Å². The maximum Gasteiger partial charge on any atom is 0.135 e. The largest absolute Gasteiger partial charge is 0.508 e. The molecule has 234 valence electrons. The molecule has 0 amide bonds. The number of quaternary nitrogens is 1. The van der Waals surface area contributed by atoms with Crippen LogP contribution in [0.25, 0.3) is 33.2 Å². The molecule has 8 rings (SSSR count). The van der Waals surface area contributed by atoms with Gasteiger partial charge in [0.25, 0.3) is 0 Å². The van der Waals surface area contributed by atoms with E-state index in [9.17, 15) is 5.11 Å². The summed E-state index contributed by atoms with van der Waals surface area (Å²) >= 11 is 0. The summed E-state index contributed by atoms with van der Waals surface area (Å²) in [5, 5.41) is 11.4.